The van der Waals surface area contributed by atoms with Gasteiger partial charge in [-0.3, -0.25) is 0 Å². The fraction of sp³-hybridized carbons (Fsp3) is 0.429. The molecule has 1 rings (SSSR count). The summed E-state index contributed by atoms with van der Waals surface area (Å²) >= 11 is 2.98. The van der Waals surface area contributed by atoms with Crippen LogP contribution in [0.5, 0.6) is 5.75 Å². The van der Waals surface area contributed by atoms with Crippen molar-refractivity contribution < 1.29 is 9.53 Å². The minimum absolute atomic E-state index is 0.280. The summed E-state index contributed by atoms with van der Waals surface area (Å²) < 4.78 is 6.36. The molecule has 0 bridgehead atoms. The molecule has 0 unspecified atom stereocenters. The number of benzene rings is 1. The summed E-state index contributed by atoms with van der Waals surface area (Å²) in [5, 5.41) is 0. The minimum atomic E-state index is -0.280. The fourth-order valence-electron chi connectivity index (χ4n) is 1.66. The Labute approximate surface area is 116 Å². The maximum atomic E-state index is 11.0. The number of aryl methyl sites for hydroxylation is 2. The van der Waals surface area contributed by atoms with Crippen LogP contribution in [0.15, 0.2) is 18.2 Å². The number of esters is 1. The Morgan fingerprint density at radius 3 is 2.78 bits per heavy atom. The van der Waals surface area contributed by atoms with Gasteiger partial charge in [-0.2, -0.15) is 0 Å². The van der Waals surface area contributed by atoms with Crippen LogP contribution in [0, 0.1) is 6.92 Å². The third kappa shape index (κ3) is 5.13. The molecule has 1 aromatic rings. The Bertz CT molecular complexity index is 443. The van der Waals surface area contributed by atoms with Crippen LogP contribution in [-0.4, -0.2) is 32.5 Å². The van der Waals surface area contributed by atoms with Crippen molar-refractivity contribution in [2.75, 3.05) is 6.54 Å². The van der Waals surface area contributed by atoms with E-state index < -0.39 is 0 Å². The Morgan fingerprint density at radius 2 is 2.17 bits per heavy atom. The topological polar surface area (TPSA) is 52.3 Å². The van der Waals surface area contributed by atoms with Crippen LogP contribution >= 0.6 is 0 Å². The summed E-state index contributed by atoms with van der Waals surface area (Å²) in [5.74, 6) is 0.378. The average Bonchev–Trinajstić information content (AvgIpc) is 2.32. The first-order valence-corrected chi connectivity index (χ1v) is 6.88. The molecule has 0 amide bonds. The molecule has 18 heavy (non-hydrogen) atoms. The van der Waals surface area contributed by atoms with E-state index in [-0.39, 0.29) is 5.97 Å². The van der Waals surface area contributed by atoms with E-state index in [4.69, 9.17) is 10.5 Å². The first kappa shape index (κ1) is 15.1. The van der Waals surface area contributed by atoms with Crippen molar-refractivity contribution >= 4 is 26.0 Å². The number of carbonyl (C=O) groups is 1. The van der Waals surface area contributed by atoms with Crippen molar-refractivity contribution in [2.24, 2.45) is 5.73 Å². The van der Waals surface area contributed by atoms with Gasteiger partial charge in [0.05, 0.1) is 0 Å². The quantitative estimate of drug-likeness (QED) is 0.492. The van der Waals surface area contributed by atoms with E-state index in [0.717, 1.165) is 24.8 Å². The summed E-state index contributed by atoms with van der Waals surface area (Å²) in [7, 11) is 0. The number of nitrogens with two attached hydrogens (primary N) is 1. The molecular weight excluding hydrogens is 293 g/mol. The molecule has 3 nitrogen and oxygen atoms in total. The van der Waals surface area contributed by atoms with Gasteiger partial charge in [-0.05, 0) is 0 Å². The van der Waals surface area contributed by atoms with Gasteiger partial charge in [-0.15, -0.1) is 0 Å². The number of carbonyl (C=O) groups excluding carboxylic acids is 1. The van der Waals surface area contributed by atoms with E-state index in [1.54, 1.807) is 0 Å². The van der Waals surface area contributed by atoms with E-state index in [1.807, 2.05) is 19.1 Å². The van der Waals surface area contributed by atoms with Gasteiger partial charge in [0.25, 0.3) is 0 Å². The van der Waals surface area contributed by atoms with Gasteiger partial charge in [0.2, 0.25) is 0 Å². The number of hydrogen-bond donors (Lipinski definition) is 1. The standard InChI is InChI=1S/C14H19NO2Se/c1-10-6-7-12(4-3-5-13(18)9-15)8-14(10)17-11(2)16/h6-8H,3-5,9,15H2,1-2H3. The summed E-state index contributed by atoms with van der Waals surface area (Å²) in [5.41, 5.74) is 7.69. The SMILES string of the molecule is CC(=O)Oc1cc(CCCC(=[Se])CN)ccc1C. The van der Waals surface area contributed by atoms with E-state index in [0.29, 0.717) is 12.3 Å². The van der Waals surface area contributed by atoms with Gasteiger partial charge < -0.3 is 0 Å². The third-order valence-electron chi connectivity index (χ3n) is 2.65. The predicted molar refractivity (Wildman–Crippen MR) is 75.2 cm³/mol. The molecule has 0 saturated heterocycles. The molecule has 0 aliphatic carbocycles. The molecule has 0 aromatic heterocycles. The van der Waals surface area contributed by atoms with Gasteiger partial charge in [0.15, 0.2) is 0 Å². The van der Waals surface area contributed by atoms with E-state index >= 15 is 0 Å². The monoisotopic (exact) mass is 313 g/mol. The van der Waals surface area contributed by atoms with Crippen molar-refractivity contribution in [3.8, 4) is 5.75 Å². The van der Waals surface area contributed by atoms with Gasteiger partial charge in [0, 0.05) is 0 Å². The van der Waals surface area contributed by atoms with Crippen molar-refractivity contribution in [1.82, 2.24) is 0 Å². The summed E-state index contributed by atoms with van der Waals surface area (Å²) in [6.07, 6.45) is 3.00. The van der Waals surface area contributed by atoms with Crippen LogP contribution < -0.4 is 10.5 Å². The molecule has 4 heteroatoms. The number of rotatable bonds is 6. The molecule has 0 aliphatic heterocycles. The van der Waals surface area contributed by atoms with Gasteiger partial charge in [-0.25, -0.2) is 0 Å². The van der Waals surface area contributed by atoms with Crippen molar-refractivity contribution in [3.05, 3.63) is 29.3 Å². The second-order valence-corrected chi connectivity index (χ2v) is 5.50. The number of ether oxygens (including phenoxy) is 1. The molecule has 98 valence electrons. The van der Waals surface area contributed by atoms with Gasteiger partial charge in [0.1, 0.15) is 0 Å². The molecule has 0 saturated carbocycles. The zero-order chi connectivity index (χ0) is 13.5. The van der Waals surface area contributed by atoms with Crippen LogP contribution in [0.25, 0.3) is 0 Å². The first-order valence-electron chi connectivity index (χ1n) is 6.02. The van der Waals surface area contributed by atoms with Gasteiger partial charge in [-0.1, -0.05) is 0 Å². The van der Waals surface area contributed by atoms with Crippen LogP contribution in [0.4, 0.5) is 0 Å². The third-order valence-corrected chi connectivity index (χ3v) is 3.43. The second kappa shape index (κ2) is 7.47. The van der Waals surface area contributed by atoms with Crippen molar-refractivity contribution in [2.45, 2.75) is 33.1 Å². The molecule has 1 aromatic carbocycles. The fourth-order valence-corrected chi connectivity index (χ4v) is 1.96. The van der Waals surface area contributed by atoms with Crippen LogP contribution in [0.3, 0.4) is 0 Å². The molecule has 0 fully saturated rings. The molecule has 0 radical (unpaired) electrons. The zero-order valence-electron chi connectivity index (χ0n) is 10.9. The average molecular weight is 312 g/mol. The van der Waals surface area contributed by atoms with Crippen LogP contribution in [-0.2, 0) is 11.2 Å². The van der Waals surface area contributed by atoms with E-state index in [2.05, 4.69) is 21.6 Å². The van der Waals surface area contributed by atoms with Crippen molar-refractivity contribution in [3.63, 3.8) is 0 Å². The second-order valence-electron chi connectivity index (χ2n) is 4.29. The Balaban J connectivity index is 2.61. The van der Waals surface area contributed by atoms with Crippen LogP contribution in [0.1, 0.15) is 30.9 Å². The molecule has 0 aliphatic rings. The molecular formula is C14H19NO2Se. The molecule has 0 spiro atoms. The van der Waals surface area contributed by atoms with E-state index in [9.17, 15) is 4.79 Å². The normalized spacial score (nSPS) is 10.2. The predicted octanol–water partition coefficient (Wildman–Crippen LogP) is 1.54. The summed E-state index contributed by atoms with van der Waals surface area (Å²) in [6, 6.07) is 6.00. The van der Waals surface area contributed by atoms with Crippen molar-refractivity contribution in [1.29, 1.82) is 0 Å². The van der Waals surface area contributed by atoms with Gasteiger partial charge >= 0.3 is 116 Å². The first-order chi connectivity index (χ1) is 8.52. The Hall–Kier alpha value is -0.961. The molecule has 2 N–H and O–H groups in total. The summed E-state index contributed by atoms with van der Waals surface area (Å²) in [6.45, 7) is 3.96. The Morgan fingerprint density at radius 1 is 1.44 bits per heavy atom. The molecule has 0 heterocycles. The van der Waals surface area contributed by atoms with E-state index in [1.165, 1.54) is 16.9 Å². The van der Waals surface area contributed by atoms with Crippen LogP contribution in [0.2, 0.25) is 0 Å². The summed E-state index contributed by atoms with van der Waals surface area (Å²) in [4.78, 5) is 11.0. The maximum absolute atomic E-state index is 11.0. The molecule has 0 atom stereocenters. The zero-order valence-corrected chi connectivity index (χ0v) is 12.6. The number of hydrogen-bond acceptors (Lipinski definition) is 3. The Kier molecular flexibility index (Phi) is 6.26.